The topological polar surface area (TPSA) is 80.1 Å². The van der Waals surface area contributed by atoms with Gasteiger partial charge in [0.05, 0.1) is 18.3 Å². The van der Waals surface area contributed by atoms with E-state index in [4.69, 9.17) is 4.74 Å². The van der Waals surface area contributed by atoms with E-state index in [1.54, 1.807) is 19.9 Å². The van der Waals surface area contributed by atoms with Crippen LogP contribution < -0.4 is 0 Å². The smallest absolute Gasteiger partial charge is 0.338 e. The van der Waals surface area contributed by atoms with Gasteiger partial charge in [0, 0.05) is 47.2 Å². The fourth-order valence-corrected chi connectivity index (χ4v) is 4.37. The summed E-state index contributed by atoms with van der Waals surface area (Å²) in [6.45, 7) is 3.61. The number of alkyl halides is 1. The second kappa shape index (κ2) is 8.18. The number of hydrogen-bond acceptors (Lipinski definition) is 3. The average Bonchev–Trinajstić information content (AvgIpc) is 3.33. The molecule has 33 heavy (non-hydrogen) atoms. The number of methoxy groups -OCH3 is 1. The van der Waals surface area contributed by atoms with E-state index in [0.717, 1.165) is 12.1 Å². The van der Waals surface area contributed by atoms with Gasteiger partial charge >= 0.3 is 5.97 Å². The normalized spacial score (nSPS) is 13.2. The largest absolute Gasteiger partial charge is 0.479 e. The van der Waals surface area contributed by atoms with Crippen molar-refractivity contribution in [1.29, 1.82) is 0 Å². The van der Waals surface area contributed by atoms with Gasteiger partial charge in [0.25, 0.3) is 0 Å². The lowest BCUT2D eigenvalue weighted by Crippen LogP contribution is -2.29. The third-order valence-corrected chi connectivity index (χ3v) is 5.67. The van der Waals surface area contributed by atoms with Crippen LogP contribution in [-0.2, 0) is 21.4 Å². The molecule has 0 fully saturated rings. The van der Waals surface area contributed by atoms with Crippen LogP contribution in [0.5, 0.6) is 0 Å². The number of carboxylic acid groups (broad SMARTS) is 1. The molecule has 0 aliphatic heterocycles. The highest BCUT2D eigenvalue weighted by Crippen LogP contribution is 2.41. The molecular formula is C23H21F4N3O3. The van der Waals surface area contributed by atoms with Gasteiger partial charge < -0.3 is 14.4 Å². The summed E-state index contributed by atoms with van der Waals surface area (Å²) in [4.78, 5) is 11.3. The molecule has 4 aromatic rings. The van der Waals surface area contributed by atoms with Crippen LogP contribution in [0, 0.1) is 17.5 Å². The number of aromatic amines is 1. The second-order valence-electron chi connectivity index (χ2n) is 8.51. The van der Waals surface area contributed by atoms with Crippen LogP contribution in [0.25, 0.3) is 27.5 Å². The molecule has 1 atom stereocenters. The molecule has 0 saturated heterocycles. The lowest BCUT2D eigenvalue weighted by molar-refractivity contribution is -0.142. The summed E-state index contributed by atoms with van der Waals surface area (Å²) in [5.41, 5.74) is -0.0103. The maximum absolute atomic E-state index is 15.7. The summed E-state index contributed by atoms with van der Waals surface area (Å²) in [6, 6.07) is 4.79. The molecule has 2 N–H and O–H groups in total. The number of ether oxygens (including phenoxy) is 1. The van der Waals surface area contributed by atoms with E-state index in [2.05, 4.69) is 10.2 Å². The Balaban J connectivity index is 2.20. The van der Waals surface area contributed by atoms with E-state index in [-0.39, 0.29) is 34.3 Å². The third kappa shape index (κ3) is 3.74. The molecule has 2 heterocycles. The zero-order valence-corrected chi connectivity index (χ0v) is 18.0. The molecule has 2 aromatic heterocycles. The predicted molar refractivity (Wildman–Crippen MR) is 114 cm³/mol. The molecule has 0 spiro atoms. The standard InChI is InChI=1S/C23H21F4N3O3/c1-23(2,10-33-3)21-13(8-16(26)22(31)32)18-17(6-11-9-28-29-20(11)19(18)27)30(21)12-4-5-14(24)15(25)7-12/h4-7,9,16H,8,10H2,1-3H3,(H,28,29)(H,31,32)/t16-/m1/s1. The van der Waals surface area contributed by atoms with Crippen LogP contribution in [0.4, 0.5) is 17.6 Å². The summed E-state index contributed by atoms with van der Waals surface area (Å²) >= 11 is 0. The van der Waals surface area contributed by atoms with Crippen LogP contribution in [0.15, 0.2) is 30.5 Å². The Morgan fingerprint density at radius 2 is 1.97 bits per heavy atom. The van der Waals surface area contributed by atoms with Gasteiger partial charge in [-0.15, -0.1) is 0 Å². The van der Waals surface area contributed by atoms with Gasteiger partial charge in [-0.1, -0.05) is 13.8 Å². The van der Waals surface area contributed by atoms with Crippen molar-refractivity contribution < 1.29 is 32.2 Å². The number of carboxylic acids is 1. The Kier molecular flexibility index (Phi) is 5.65. The lowest BCUT2D eigenvalue weighted by atomic mass is 9.85. The second-order valence-corrected chi connectivity index (χ2v) is 8.51. The molecule has 0 radical (unpaired) electrons. The number of nitrogens with one attached hydrogen (secondary N) is 1. The number of carbonyl (C=O) groups is 1. The first kappa shape index (κ1) is 22.8. The predicted octanol–water partition coefficient (Wildman–Crippen LogP) is 4.81. The molecule has 0 saturated carbocycles. The number of fused-ring (bicyclic) bond motifs is 2. The number of aromatic nitrogens is 3. The first-order valence-electron chi connectivity index (χ1n) is 10.1. The van der Waals surface area contributed by atoms with Crippen LogP contribution in [-0.4, -0.2) is 45.7 Å². The molecule has 174 valence electrons. The van der Waals surface area contributed by atoms with Crippen LogP contribution >= 0.6 is 0 Å². The molecule has 0 aliphatic carbocycles. The van der Waals surface area contributed by atoms with Crippen LogP contribution in [0.1, 0.15) is 25.1 Å². The number of hydrogen-bond donors (Lipinski definition) is 2. The summed E-state index contributed by atoms with van der Waals surface area (Å²) in [7, 11) is 1.46. The number of H-pyrrole nitrogens is 1. The Hall–Kier alpha value is -3.40. The molecule has 0 aliphatic rings. The number of rotatable bonds is 7. The van der Waals surface area contributed by atoms with Crippen molar-refractivity contribution in [3.8, 4) is 5.69 Å². The van der Waals surface area contributed by atoms with Crippen LogP contribution in [0.3, 0.4) is 0 Å². The molecule has 2 aromatic carbocycles. The molecule has 0 amide bonds. The maximum Gasteiger partial charge on any atom is 0.338 e. The fraction of sp³-hybridized carbons (Fsp3) is 0.304. The Bertz CT molecular complexity index is 1380. The third-order valence-electron chi connectivity index (χ3n) is 5.67. The number of nitrogens with zero attached hydrogens (tertiary/aromatic N) is 2. The van der Waals surface area contributed by atoms with Gasteiger partial charge in [0.2, 0.25) is 6.17 Å². The molecular weight excluding hydrogens is 442 g/mol. The van der Waals surface area contributed by atoms with E-state index in [1.807, 2.05) is 0 Å². The monoisotopic (exact) mass is 463 g/mol. The van der Waals surface area contributed by atoms with E-state index in [0.29, 0.717) is 11.1 Å². The van der Waals surface area contributed by atoms with Gasteiger partial charge in [-0.2, -0.15) is 5.10 Å². The van der Waals surface area contributed by atoms with E-state index in [1.165, 1.54) is 23.9 Å². The molecule has 6 nitrogen and oxygen atoms in total. The van der Waals surface area contributed by atoms with Crippen molar-refractivity contribution in [2.24, 2.45) is 0 Å². The van der Waals surface area contributed by atoms with Gasteiger partial charge in [-0.25, -0.2) is 22.4 Å². The zero-order chi connectivity index (χ0) is 24.1. The maximum atomic E-state index is 15.7. The van der Waals surface area contributed by atoms with Crippen molar-refractivity contribution in [1.82, 2.24) is 14.8 Å². The summed E-state index contributed by atoms with van der Waals surface area (Å²) < 4.78 is 64.9. The van der Waals surface area contributed by atoms with Crippen molar-refractivity contribution in [2.75, 3.05) is 13.7 Å². The minimum atomic E-state index is -2.32. The summed E-state index contributed by atoms with van der Waals surface area (Å²) in [5.74, 6) is -4.62. The quantitative estimate of drug-likeness (QED) is 0.386. The van der Waals surface area contributed by atoms with Gasteiger partial charge in [0.15, 0.2) is 17.5 Å². The number of aliphatic carboxylic acids is 1. The van der Waals surface area contributed by atoms with Gasteiger partial charge in [-0.05, 0) is 23.8 Å². The Morgan fingerprint density at radius 3 is 2.61 bits per heavy atom. The first-order chi connectivity index (χ1) is 15.6. The van der Waals surface area contributed by atoms with Crippen LogP contribution in [0.2, 0.25) is 0 Å². The molecule has 4 rings (SSSR count). The molecule has 10 heteroatoms. The number of benzene rings is 2. The molecule has 0 unspecified atom stereocenters. The number of halogens is 4. The van der Waals surface area contributed by atoms with Crippen molar-refractivity contribution in [3.63, 3.8) is 0 Å². The SMILES string of the molecule is COCC(C)(C)c1c(C[C@@H](F)C(=O)O)c2c(F)c3[nH]ncc3cc2n1-c1ccc(F)c(F)c1. The lowest BCUT2D eigenvalue weighted by Gasteiger charge is -2.28. The Labute approximate surface area is 185 Å². The van der Waals surface area contributed by atoms with Gasteiger partial charge in [0.1, 0.15) is 5.52 Å². The zero-order valence-electron chi connectivity index (χ0n) is 18.0. The van der Waals surface area contributed by atoms with Gasteiger partial charge in [-0.3, -0.25) is 5.10 Å². The van der Waals surface area contributed by atoms with Crippen molar-refractivity contribution >= 4 is 27.8 Å². The Morgan fingerprint density at radius 1 is 1.24 bits per heavy atom. The highest BCUT2D eigenvalue weighted by Gasteiger charge is 2.35. The highest BCUT2D eigenvalue weighted by molar-refractivity contribution is 6.00. The first-order valence-corrected chi connectivity index (χ1v) is 10.1. The minimum Gasteiger partial charge on any atom is -0.479 e. The van der Waals surface area contributed by atoms with Crippen molar-refractivity contribution in [3.05, 3.63) is 59.2 Å². The summed E-state index contributed by atoms with van der Waals surface area (Å²) in [6.07, 6.45) is -1.56. The minimum absolute atomic E-state index is 0.0282. The van der Waals surface area contributed by atoms with Crippen molar-refractivity contribution in [2.45, 2.75) is 31.9 Å². The molecule has 0 bridgehead atoms. The van der Waals surface area contributed by atoms with E-state index < -0.39 is 41.4 Å². The summed E-state index contributed by atoms with van der Waals surface area (Å²) in [5, 5.41) is 16.0. The average molecular weight is 463 g/mol. The van der Waals surface area contributed by atoms with E-state index >= 15 is 4.39 Å². The highest BCUT2D eigenvalue weighted by atomic mass is 19.2. The fourth-order valence-electron chi connectivity index (χ4n) is 4.37. The van der Waals surface area contributed by atoms with E-state index in [9.17, 15) is 23.1 Å².